The molecule has 9 nitrogen and oxygen atoms in total. The van der Waals surface area contributed by atoms with Gasteiger partial charge in [-0.05, 0) is 52.5 Å². The Labute approximate surface area is 181 Å². The normalized spacial score (nSPS) is 18.9. The van der Waals surface area contributed by atoms with Crippen LogP contribution in [0.15, 0.2) is 12.3 Å². The molecule has 0 spiro atoms. The van der Waals surface area contributed by atoms with E-state index in [1.807, 2.05) is 20.8 Å². The van der Waals surface area contributed by atoms with Gasteiger partial charge in [0, 0.05) is 32.3 Å². The van der Waals surface area contributed by atoms with E-state index in [4.69, 9.17) is 16.3 Å². The van der Waals surface area contributed by atoms with Crippen LogP contribution in [0.4, 0.5) is 10.5 Å². The van der Waals surface area contributed by atoms with Crippen LogP contribution in [0.3, 0.4) is 0 Å². The second-order valence-electron chi connectivity index (χ2n) is 8.34. The van der Waals surface area contributed by atoms with E-state index in [1.54, 1.807) is 19.0 Å². The molecule has 1 saturated carbocycles. The molecule has 2 rings (SSSR count). The molecule has 1 aromatic rings. The quantitative estimate of drug-likeness (QED) is 0.491. The molecular weight excluding hydrogens is 410 g/mol. The smallest absolute Gasteiger partial charge is 0.410 e. The number of hydrogen-bond acceptors (Lipinski definition) is 6. The topological polar surface area (TPSA) is 113 Å². The molecular formula is C20H30ClN5O4. The van der Waals surface area contributed by atoms with Crippen molar-refractivity contribution in [2.24, 2.45) is 5.92 Å². The molecule has 1 heterocycles. The molecule has 0 aliphatic heterocycles. The molecule has 0 aromatic carbocycles. The number of amides is 3. The number of nitrogens with one attached hydrogen (secondary N) is 3. The Morgan fingerprint density at radius 1 is 1.17 bits per heavy atom. The molecule has 3 N–H and O–H groups in total. The molecule has 1 fully saturated rings. The number of rotatable bonds is 4. The van der Waals surface area contributed by atoms with Gasteiger partial charge in [0.25, 0.3) is 5.91 Å². The predicted octanol–water partition coefficient (Wildman–Crippen LogP) is 2.96. The minimum absolute atomic E-state index is 0.0248. The first-order valence-corrected chi connectivity index (χ1v) is 10.3. The van der Waals surface area contributed by atoms with Gasteiger partial charge in [-0.25, -0.2) is 9.78 Å². The van der Waals surface area contributed by atoms with E-state index in [0.717, 1.165) is 0 Å². The van der Waals surface area contributed by atoms with Crippen LogP contribution in [0.25, 0.3) is 0 Å². The lowest BCUT2D eigenvalue weighted by Gasteiger charge is -2.35. The molecule has 30 heavy (non-hydrogen) atoms. The van der Waals surface area contributed by atoms with Crippen LogP contribution in [0.2, 0.25) is 5.15 Å². The van der Waals surface area contributed by atoms with Gasteiger partial charge >= 0.3 is 6.09 Å². The molecule has 166 valence electrons. The maximum Gasteiger partial charge on any atom is 0.410 e. The van der Waals surface area contributed by atoms with Gasteiger partial charge in [-0.15, -0.1) is 0 Å². The number of anilines is 1. The van der Waals surface area contributed by atoms with E-state index in [1.165, 1.54) is 12.3 Å². The van der Waals surface area contributed by atoms with Crippen molar-refractivity contribution in [1.29, 1.82) is 0 Å². The molecule has 1 aliphatic rings. The third-order valence-electron chi connectivity index (χ3n) is 4.98. The molecule has 0 radical (unpaired) electrons. The molecule has 1 aliphatic carbocycles. The standard InChI is InChI=1S/C20H30ClN5O4/c1-20(2,3)30-19(29)26(5)13-8-6-12(7-9-13)17(27)24-25-18(28)14-11-23-16(21)10-15(14)22-4/h10-13H,6-9H2,1-5H3,(H,22,23)(H,24,27)(H,25,28)/t12-,13-. The molecule has 0 atom stereocenters. The lowest BCUT2D eigenvalue weighted by Crippen LogP contribution is -2.47. The lowest BCUT2D eigenvalue weighted by molar-refractivity contribution is -0.127. The van der Waals surface area contributed by atoms with Crippen LogP contribution in [-0.4, -0.2) is 53.5 Å². The summed E-state index contributed by atoms with van der Waals surface area (Å²) in [5.41, 5.74) is 5.13. The Balaban J connectivity index is 1.83. The first-order valence-electron chi connectivity index (χ1n) is 9.91. The van der Waals surface area contributed by atoms with Crippen molar-refractivity contribution in [2.75, 3.05) is 19.4 Å². The number of ether oxygens (including phenoxy) is 1. The van der Waals surface area contributed by atoms with Crippen LogP contribution in [0, 0.1) is 5.92 Å². The van der Waals surface area contributed by atoms with Gasteiger partial charge in [-0.3, -0.25) is 20.4 Å². The number of pyridine rings is 1. The van der Waals surface area contributed by atoms with Crippen molar-refractivity contribution < 1.29 is 19.1 Å². The second-order valence-corrected chi connectivity index (χ2v) is 8.73. The van der Waals surface area contributed by atoms with Crippen LogP contribution < -0.4 is 16.2 Å². The number of hydrazine groups is 1. The Morgan fingerprint density at radius 2 is 1.80 bits per heavy atom. The molecule has 3 amide bonds. The predicted molar refractivity (Wildman–Crippen MR) is 114 cm³/mol. The maximum atomic E-state index is 12.5. The highest BCUT2D eigenvalue weighted by Crippen LogP contribution is 2.28. The van der Waals surface area contributed by atoms with Crippen LogP contribution in [0.1, 0.15) is 56.8 Å². The summed E-state index contributed by atoms with van der Waals surface area (Å²) in [4.78, 5) is 42.5. The number of hydrogen-bond donors (Lipinski definition) is 3. The zero-order valence-corrected chi connectivity index (χ0v) is 18.8. The molecule has 1 aromatic heterocycles. The van der Waals surface area contributed by atoms with Crippen molar-refractivity contribution >= 4 is 35.2 Å². The molecule has 0 bridgehead atoms. The van der Waals surface area contributed by atoms with Gasteiger partial charge in [0.15, 0.2) is 0 Å². The SMILES string of the molecule is CNc1cc(Cl)ncc1C(=O)NNC(=O)[C@H]1CC[C@H](N(C)C(=O)OC(C)(C)C)CC1. The summed E-state index contributed by atoms with van der Waals surface area (Å²) in [5.74, 6) is -0.981. The van der Waals surface area contributed by atoms with Gasteiger partial charge in [0.2, 0.25) is 5.91 Å². The zero-order valence-electron chi connectivity index (χ0n) is 18.0. The third kappa shape index (κ3) is 6.48. The van der Waals surface area contributed by atoms with E-state index in [-0.39, 0.29) is 34.7 Å². The fraction of sp³-hybridized carbons (Fsp3) is 0.600. The third-order valence-corrected chi connectivity index (χ3v) is 5.19. The monoisotopic (exact) mass is 439 g/mol. The first kappa shape index (κ1) is 23.7. The Morgan fingerprint density at radius 3 is 2.37 bits per heavy atom. The van der Waals surface area contributed by atoms with Crippen molar-refractivity contribution in [1.82, 2.24) is 20.7 Å². The van der Waals surface area contributed by atoms with E-state index in [2.05, 4.69) is 21.2 Å². The highest BCUT2D eigenvalue weighted by Gasteiger charge is 2.32. The highest BCUT2D eigenvalue weighted by atomic mass is 35.5. The van der Waals surface area contributed by atoms with Crippen LogP contribution in [0.5, 0.6) is 0 Å². The van der Waals surface area contributed by atoms with Crippen molar-refractivity contribution in [3.8, 4) is 0 Å². The van der Waals surface area contributed by atoms with Crippen molar-refractivity contribution in [2.45, 2.75) is 58.1 Å². The summed E-state index contributed by atoms with van der Waals surface area (Å²) in [5, 5.41) is 3.12. The number of aromatic nitrogens is 1. The van der Waals surface area contributed by atoms with Gasteiger partial charge in [0.05, 0.1) is 11.3 Å². The van der Waals surface area contributed by atoms with Crippen molar-refractivity contribution in [3.63, 3.8) is 0 Å². The summed E-state index contributed by atoms with van der Waals surface area (Å²) in [6.45, 7) is 5.48. The fourth-order valence-corrected chi connectivity index (χ4v) is 3.47. The zero-order chi connectivity index (χ0) is 22.5. The maximum absolute atomic E-state index is 12.5. The average Bonchev–Trinajstić information content (AvgIpc) is 2.69. The Hall–Kier alpha value is -2.55. The van der Waals surface area contributed by atoms with Gasteiger partial charge in [-0.2, -0.15) is 0 Å². The lowest BCUT2D eigenvalue weighted by atomic mass is 9.85. The van der Waals surface area contributed by atoms with Crippen LogP contribution in [-0.2, 0) is 9.53 Å². The summed E-state index contributed by atoms with van der Waals surface area (Å²) in [7, 11) is 3.38. The van der Waals surface area contributed by atoms with Gasteiger partial charge in [0.1, 0.15) is 10.8 Å². The Kier molecular flexibility index (Phi) is 7.89. The summed E-state index contributed by atoms with van der Waals surface area (Å²) in [6.07, 6.45) is 3.58. The highest BCUT2D eigenvalue weighted by molar-refractivity contribution is 6.29. The largest absolute Gasteiger partial charge is 0.444 e. The van der Waals surface area contributed by atoms with E-state index >= 15 is 0 Å². The van der Waals surface area contributed by atoms with E-state index in [0.29, 0.717) is 31.4 Å². The van der Waals surface area contributed by atoms with Gasteiger partial charge < -0.3 is 15.0 Å². The fourth-order valence-electron chi connectivity index (χ4n) is 3.31. The summed E-state index contributed by atoms with van der Waals surface area (Å²) in [6, 6.07) is 1.55. The average molecular weight is 440 g/mol. The number of halogens is 1. The summed E-state index contributed by atoms with van der Waals surface area (Å²) >= 11 is 5.83. The minimum Gasteiger partial charge on any atom is -0.444 e. The summed E-state index contributed by atoms with van der Waals surface area (Å²) < 4.78 is 5.40. The minimum atomic E-state index is -0.548. The molecule has 0 unspecified atom stereocenters. The Bertz CT molecular complexity index is 788. The first-order chi connectivity index (χ1) is 14.0. The number of carbonyl (C=O) groups is 3. The second kappa shape index (κ2) is 9.97. The van der Waals surface area contributed by atoms with Gasteiger partial charge in [-0.1, -0.05) is 11.6 Å². The molecule has 0 saturated heterocycles. The number of carbonyl (C=O) groups excluding carboxylic acids is 3. The number of nitrogens with zero attached hydrogens (tertiary/aromatic N) is 2. The molecule has 10 heteroatoms. The van der Waals surface area contributed by atoms with Crippen LogP contribution >= 0.6 is 11.6 Å². The van der Waals surface area contributed by atoms with E-state index < -0.39 is 11.5 Å². The van der Waals surface area contributed by atoms with E-state index in [9.17, 15) is 14.4 Å². The van der Waals surface area contributed by atoms with Crippen molar-refractivity contribution in [3.05, 3.63) is 23.0 Å².